The number of nitrogens with zero attached hydrogens (tertiary/aromatic N) is 8. The summed E-state index contributed by atoms with van der Waals surface area (Å²) in [5.41, 5.74) is -5.28. The molecule has 0 unspecified atom stereocenters. The third-order valence-corrected chi connectivity index (χ3v) is 12.5. The van der Waals surface area contributed by atoms with E-state index in [2.05, 4.69) is 40.9 Å². The number of carbonyl (C=O) groups is 2. The van der Waals surface area contributed by atoms with Gasteiger partial charge >= 0.3 is 46.1 Å². The molecule has 0 aliphatic heterocycles. The standard InChI is InChI=1S/C39H28N8O20S4.2Cu/c48-32-16-34(50)30(46-42-26-7-3-20(68(56,57)58)12-36(26)70(62,63)64)14-28(32)44-40-24-5-1-18(10-22(24)38(52)53)9-19-2-6-25(23(11-19)39(54)55)41-45-29-15-31(35(51)17-33(29)49)47-43-27-8-4-21(69(59,60)61)13-37(27)71(65,66)67;;/h1-8,10-17,48-51H,9H2,(H,52,53)(H,54,55)(H,56,57,58)(H,59,60,61)(H,62,63,64)(H,65,66,67);;/q;2*+2/p-8. The Kier molecular flexibility index (Phi) is 17.9. The first-order chi connectivity index (χ1) is 33.0. The van der Waals surface area contributed by atoms with Crippen molar-refractivity contribution in [2.45, 2.75) is 26.0 Å². The monoisotopic (exact) mass is 1170 g/mol. The van der Waals surface area contributed by atoms with Gasteiger partial charge < -0.3 is 48.9 Å². The Balaban J connectivity index is 0.00000578. The summed E-state index contributed by atoms with van der Waals surface area (Å²) in [5, 5.41) is 99.0. The molecule has 73 heavy (non-hydrogen) atoms. The normalized spacial score (nSPS) is 12.3. The molecule has 0 fully saturated rings. The number of benzene rings is 6. The Morgan fingerprint density at radius 3 is 0.918 bits per heavy atom. The summed E-state index contributed by atoms with van der Waals surface area (Å²) in [6.07, 6.45) is -0.126. The molecule has 6 rings (SSSR count). The van der Waals surface area contributed by atoms with Crippen LogP contribution < -0.4 is 20.4 Å². The van der Waals surface area contributed by atoms with Crippen LogP contribution in [-0.4, -0.2) is 74.0 Å². The van der Waals surface area contributed by atoms with Gasteiger partial charge in [-0.1, -0.05) is 47.3 Å². The topological polar surface area (TPSA) is 495 Å². The van der Waals surface area contributed by atoms with Crippen LogP contribution in [0.15, 0.2) is 158 Å². The van der Waals surface area contributed by atoms with Crippen molar-refractivity contribution >= 4 is 97.9 Å². The van der Waals surface area contributed by atoms with E-state index in [1.807, 2.05) is 0 Å². The van der Waals surface area contributed by atoms with Crippen molar-refractivity contribution in [3.05, 3.63) is 119 Å². The molecule has 2 N–H and O–H groups in total. The van der Waals surface area contributed by atoms with Crippen LogP contribution in [0.1, 0.15) is 31.8 Å². The first-order valence-electron chi connectivity index (χ1n) is 18.5. The molecule has 2 radical (unpaired) electrons. The number of carboxylic acids is 2. The average Bonchev–Trinajstić information content (AvgIpc) is 3.26. The fourth-order valence-electron chi connectivity index (χ4n) is 5.83. The molecule has 0 heterocycles. The smallest absolute Gasteiger partial charge is 0.871 e. The molecule has 0 amide bonds. The van der Waals surface area contributed by atoms with Gasteiger partial charge in [0.1, 0.15) is 63.2 Å². The fraction of sp³-hybridized carbons (Fsp3) is 0.0256. The SMILES string of the molecule is O=C(O)c1cc(Cc2ccc(N=Nc3cc(N=Nc4ccc(S(=O)(=O)[O-])cc4S(=O)(=O)[O-])c([O-])cc3[O-])c(C(=O)O)c2)ccc1N=Nc1cc(N=Nc2ccc(S(=O)(=O)[O-])cc2S(=O)(=O)[O-])c([O-])cc1[O-].[Cu+2].[Cu+2]. The van der Waals surface area contributed by atoms with E-state index in [1.54, 1.807) is 0 Å². The van der Waals surface area contributed by atoms with Gasteiger partial charge in [-0.15, -0.1) is 20.5 Å². The van der Waals surface area contributed by atoms with Crippen LogP contribution in [0.3, 0.4) is 0 Å². The molecular weight excluding hydrogens is 1160 g/mol. The quantitative estimate of drug-likeness (QED) is 0.0777. The minimum absolute atomic E-state index is 0. The molecule has 0 atom stereocenters. The molecule has 0 saturated heterocycles. The maximum Gasteiger partial charge on any atom is 2.00 e. The first-order valence-corrected chi connectivity index (χ1v) is 24.2. The van der Waals surface area contributed by atoms with Gasteiger partial charge in [0.2, 0.25) is 0 Å². The second-order valence-electron chi connectivity index (χ2n) is 13.9. The Hall–Kier alpha value is -7.46. The predicted octanol–water partition coefficient (Wildman–Crippen LogP) is 4.24. The summed E-state index contributed by atoms with van der Waals surface area (Å²) in [4.78, 5) is 19.8. The summed E-state index contributed by atoms with van der Waals surface area (Å²) < 4.78 is 138. The Bertz CT molecular complexity index is 3580. The van der Waals surface area contributed by atoms with E-state index in [4.69, 9.17) is 0 Å². The van der Waals surface area contributed by atoms with Gasteiger partial charge in [0.15, 0.2) is 0 Å². The van der Waals surface area contributed by atoms with Gasteiger partial charge in [-0.05, 0) is 90.3 Å². The minimum Gasteiger partial charge on any atom is -0.871 e. The van der Waals surface area contributed by atoms with Gasteiger partial charge in [-0.3, -0.25) is 0 Å². The molecule has 0 saturated carbocycles. The van der Waals surface area contributed by atoms with Crippen LogP contribution in [-0.2, 0) is 81.0 Å². The Labute approximate surface area is 430 Å². The van der Waals surface area contributed by atoms with Crippen LogP contribution >= 0.6 is 0 Å². The Morgan fingerprint density at radius 1 is 0.370 bits per heavy atom. The van der Waals surface area contributed by atoms with Gasteiger partial charge in [0.25, 0.3) is 0 Å². The average molecular weight is 1180 g/mol. The largest absolute Gasteiger partial charge is 2.00 e. The van der Waals surface area contributed by atoms with Crippen LogP contribution in [0.2, 0.25) is 0 Å². The first kappa shape index (κ1) is 58.1. The second kappa shape index (κ2) is 22.5. The molecule has 0 bridgehead atoms. The zero-order valence-electron chi connectivity index (χ0n) is 35.0. The maximum absolute atomic E-state index is 12.6. The summed E-state index contributed by atoms with van der Waals surface area (Å²) >= 11 is 0. The van der Waals surface area contributed by atoms with E-state index in [-0.39, 0.29) is 75.2 Å². The number of aromatic carboxylic acids is 2. The van der Waals surface area contributed by atoms with Gasteiger partial charge in [0.05, 0.1) is 53.5 Å². The number of hydrogen-bond donors (Lipinski definition) is 2. The van der Waals surface area contributed by atoms with Gasteiger partial charge in [0, 0.05) is 0 Å². The van der Waals surface area contributed by atoms with E-state index in [1.165, 1.54) is 12.1 Å². The van der Waals surface area contributed by atoms with Crippen molar-refractivity contribution in [2.75, 3.05) is 0 Å². The number of azo groups is 4. The van der Waals surface area contributed by atoms with Crippen molar-refractivity contribution in [2.24, 2.45) is 40.9 Å². The van der Waals surface area contributed by atoms with Crippen LogP contribution in [0.25, 0.3) is 0 Å². The van der Waals surface area contributed by atoms with E-state index in [0.717, 1.165) is 36.4 Å². The summed E-state index contributed by atoms with van der Waals surface area (Å²) in [6.45, 7) is 0. The predicted molar refractivity (Wildman–Crippen MR) is 222 cm³/mol. The maximum atomic E-state index is 12.6. The minimum atomic E-state index is -5.45. The molecule has 6 aromatic rings. The third kappa shape index (κ3) is 14.4. The van der Waals surface area contributed by atoms with Gasteiger partial charge in [-0.2, -0.15) is 20.5 Å². The molecule has 6 aromatic carbocycles. The van der Waals surface area contributed by atoms with Crippen LogP contribution in [0.4, 0.5) is 45.5 Å². The van der Waals surface area contributed by atoms with E-state index < -0.39 is 140 Å². The summed E-state index contributed by atoms with van der Waals surface area (Å²) in [7, 11) is -21.3. The molecular formula is C39H20Cu2N8O20S4-4. The van der Waals surface area contributed by atoms with Crippen molar-refractivity contribution in [3.63, 3.8) is 0 Å². The summed E-state index contributed by atoms with van der Waals surface area (Å²) in [6, 6.07) is 12.7. The molecule has 0 spiro atoms. The van der Waals surface area contributed by atoms with E-state index in [0.29, 0.717) is 36.4 Å². The van der Waals surface area contributed by atoms with Crippen molar-refractivity contribution < 1.29 is 126 Å². The molecule has 386 valence electrons. The van der Waals surface area contributed by atoms with E-state index >= 15 is 0 Å². The molecule has 34 heteroatoms. The number of carboxylic acid groups (broad SMARTS) is 2. The molecule has 0 aliphatic rings. The molecule has 0 aromatic heterocycles. The third-order valence-electron chi connectivity index (χ3n) is 9.11. The fourth-order valence-corrected chi connectivity index (χ4v) is 8.24. The second-order valence-corrected chi connectivity index (χ2v) is 19.4. The van der Waals surface area contributed by atoms with Gasteiger partial charge in [-0.25, -0.2) is 43.3 Å². The Morgan fingerprint density at radius 2 is 0.644 bits per heavy atom. The molecule has 0 aliphatic carbocycles. The zero-order chi connectivity index (χ0) is 52.4. The van der Waals surface area contributed by atoms with Crippen molar-refractivity contribution in [1.29, 1.82) is 0 Å². The number of hydrogen-bond acceptors (Lipinski definition) is 26. The zero-order valence-corrected chi connectivity index (χ0v) is 40.2. The van der Waals surface area contributed by atoms with Crippen molar-refractivity contribution in [1.82, 2.24) is 0 Å². The van der Waals surface area contributed by atoms with Crippen molar-refractivity contribution in [3.8, 4) is 23.0 Å². The van der Waals surface area contributed by atoms with Crippen LogP contribution in [0.5, 0.6) is 23.0 Å². The summed E-state index contributed by atoms with van der Waals surface area (Å²) in [5.74, 6) is -7.36. The number of rotatable bonds is 16. The molecule has 28 nitrogen and oxygen atoms in total. The van der Waals surface area contributed by atoms with Crippen LogP contribution in [0, 0.1) is 0 Å². The van der Waals surface area contributed by atoms with E-state index in [9.17, 15) is 92.1 Å².